The zero-order valence-corrected chi connectivity index (χ0v) is 11.7. The SMILES string of the molecule is COCCNCC(O)CSc1ccccc1OC. The van der Waals surface area contributed by atoms with E-state index < -0.39 is 0 Å². The monoisotopic (exact) mass is 271 g/mol. The maximum absolute atomic E-state index is 9.81. The summed E-state index contributed by atoms with van der Waals surface area (Å²) < 4.78 is 10.2. The Morgan fingerprint density at radius 2 is 2.11 bits per heavy atom. The number of aliphatic hydroxyl groups is 1. The molecule has 0 saturated heterocycles. The summed E-state index contributed by atoms with van der Waals surface area (Å²) in [4.78, 5) is 1.05. The molecule has 18 heavy (non-hydrogen) atoms. The lowest BCUT2D eigenvalue weighted by molar-refractivity contribution is 0.175. The molecular formula is C13H21NO3S. The molecule has 1 rings (SSSR count). The van der Waals surface area contributed by atoms with Crippen LogP contribution >= 0.6 is 11.8 Å². The Hall–Kier alpha value is -0.750. The van der Waals surface area contributed by atoms with Crippen LogP contribution in [-0.2, 0) is 4.74 Å². The number of benzene rings is 1. The molecule has 0 aliphatic rings. The van der Waals surface area contributed by atoms with Crippen molar-refractivity contribution in [1.82, 2.24) is 5.32 Å². The molecule has 0 aliphatic heterocycles. The minimum Gasteiger partial charge on any atom is -0.496 e. The Labute approximate surface area is 113 Å². The van der Waals surface area contributed by atoms with Gasteiger partial charge in [-0.1, -0.05) is 12.1 Å². The van der Waals surface area contributed by atoms with E-state index >= 15 is 0 Å². The van der Waals surface area contributed by atoms with Crippen LogP contribution in [0.4, 0.5) is 0 Å². The summed E-state index contributed by atoms with van der Waals surface area (Å²) in [6, 6.07) is 7.82. The standard InChI is InChI=1S/C13H21NO3S/c1-16-8-7-14-9-11(15)10-18-13-6-4-3-5-12(13)17-2/h3-6,11,14-15H,7-10H2,1-2H3. The molecule has 4 nitrogen and oxygen atoms in total. The Morgan fingerprint density at radius 3 is 2.83 bits per heavy atom. The first-order valence-electron chi connectivity index (χ1n) is 5.91. The Kier molecular flexibility index (Phi) is 7.84. The fraction of sp³-hybridized carbons (Fsp3) is 0.538. The molecular weight excluding hydrogens is 250 g/mol. The quantitative estimate of drug-likeness (QED) is 0.525. The first-order chi connectivity index (χ1) is 8.77. The van der Waals surface area contributed by atoms with E-state index in [9.17, 15) is 5.11 Å². The van der Waals surface area contributed by atoms with Gasteiger partial charge in [-0.25, -0.2) is 0 Å². The maximum atomic E-state index is 9.81. The van der Waals surface area contributed by atoms with E-state index in [-0.39, 0.29) is 6.10 Å². The van der Waals surface area contributed by atoms with Crippen molar-refractivity contribution in [2.45, 2.75) is 11.0 Å². The molecule has 0 spiro atoms. The van der Waals surface area contributed by atoms with E-state index in [1.807, 2.05) is 24.3 Å². The summed E-state index contributed by atoms with van der Waals surface area (Å²) in [5, 5.41) is 12.9. The average molecular weight is 271 g/mol. The van der Waals surface area contributed by atoms with E-state index in [2.05, 4.69) is 5.32 Å². The maximum Gasteiger partial charge on any atom is 0.132 e. The van der Waals surface area contributed by atoms with E-state index in [1.165, 1.54) is 0 Å². The highest BCUT2D eigenvalue weighted by atomic mass is 32.2. The van der Waals surface area contributed by atoms with E-state index in [1.54, 1.807) is 26.0 Å². The summed E-state index contributed by atoms with van der Waals surface area (Å²) in [5.41, 5.74) is 0. The van der Waals surface area contributed by atoms with Crippen LogP contribution in [0.15, 0.2) is 29.2 Å². The van der Waals surface area contributed by atoms with Crippen molar-refractivity contribution in [2.24, 2.45) is 0 Å². The normalized spacial score (nSPS) is 12.4. The molecule has 0 saturated carbocycles. The molecule has 0 amide bonds. The summed E-state index contributed by atoms with van der Waals surface area (Å²) >= 11 is 1.60. The fourth-order valence-corrected chi connectivity index (χ4v) is 2.38. The van der Waals surface area contributed by atoms with Gasteiger partial charge >= 0.3 is 0 Å². The van der Waals surface area contributed by atoms with Crippen LogP contribution < -0.4 is 10.1 Å². The van der Waals surface area contributed by atoms with E-state index in [0.717, 1.165) is 17.2 Å². The lowest BCUT2D eigenvalue weighted by Gasteiger charge is -2.12. The summed E-state index contributed by atoms with van der Waals surface area (Å²) in [5.74, 6) is 1.49. The smallest absolute Gasteiger partial charge is 0.132 e. The highest BCUT2D eigenvalue weighted by Crippen LogP contribution is 2.28. The van der Waals surface area contributed by atoms with Crippen LogP contribution in [0.2, 0.25) is 0 Å². The number of nitrogens with one attached hydrogen (secondary N) is 1. The van der Waals surface area contributed by atoms with Crippen molar-refractivity contribution in [3.63, 3.8) is 0 Å². The van der Waals surface area contributed by atoms with Crippen LogP contribution in [0.3, 0.4) is 0 Å². The van der Waals surface area contributed by atoms with Crippen LogP contribution in [0, 0.1) is 0 Å². The molecule has 1 aromatic rings. The van der Waals surface area contributed by atoms with Crippen molar-refractivity contribution in [3.8, 4) is 5.75 Å². The third-order valence-electron chi connectivity index (χ3n) is 2.36. The lowest BCUT2D eigenvalue weighted by atomic mass is 10.3. The zero-order chi connectivity index (χ0) is 13.2. The molecule has 102 valence electrons. The summed E-state index contributed by atoms with van der Waals surface area (Å²) in [7, 11) is 3.32. The lowest BCUT2D eigenvalue weighted by Crippen LogP contribution is -2.30. The van der Waals surface area contributed by atoms with Gasteiger partial charge in [0.1, 0.15) is 5.75 Å². The number of thioether (sulfide) groups is 1. The topological polar surface area (TPSA) is 50.7 Å². The number of aliphatic hydroxyl groups excluding tert-OH is 1. The van der Waals surface area contributed by atoms with Crippen molar-refractivity contribution in [1.29, 1.82) is 0 Å². The van der Waals surface area contributed by atoms with E-state index in [0.29, 0.717) is 18.9 Å². The molecule has 1 atom stereocenters. The summed E-state index contributed by atoms with van der Waals surface area (Å²) in [6.07, 6.45) is -0.378. The second-order valence-corrected chi connectivity index (χ2v) is 4.87. The first-order valence-corrected chi connectivity index (χ1v) is 6.90. The molecule has 0 aromatic heterocycles. The molecule has 0 bridgehead atoms. The molecule has 0 aliphatic carbocycles. The molecule has 2 N–H and O–H groups in total. The van der Waals surface area contributed by atoms with Crippen LogP contribution in [0.25, 0.3) is 0 Å². The number of ether oxygens (including phenoxy) is 2. The fourth-order valence-electron chi connectivity index (χ4n) is 1.43. The minimum absolute atomic E-state index is 0.378. The highest BCUT2D eigenvalue weighted by molar-refractivity contribution is 7.99. The highest BCUT2D eigenvalue weighted by Gasteiger charge is 2.07. The number of rotatable bonds is 9. The summed E-state index contributed by atoms with van der Waals surface area (Å²) in [6.45, 7) is 1.99. The third-order valence-corrected chi connectivity index (χ3v) is 3.56. The van der Waals surface area contributed by atoms with Gasteiger partial charge in [0.25, 0.3) is 0 Å². The largest absolute Gasteiger partial charge is 0.496 e. The average Bonchev–Trinajstić information content (AvgIpc) is 2.41. The van der Waals surface area contributed by atoms with Gasteiger partial charge in [0.2, 0.25) is 0 Å². The van der Waals surface area contributed by atoms with Gasteiger partial charge in [0.05, 0.1) is 19.8 Å². The molecule has 1 unspecified atom stereocenters. The molecule has 5 heteroatoms. The van der Waals surface area contributed by atoms with Crippen molar-refractivity contribution < 1.29 is 14.6 Å². The van der Waals surface area contributed by atoms with Crippen LogP contribution in [0.5, 0.6) is 5.75 Å². The van der Waals surface area contributed by atoms with Gasteiger partial charge in [-0.2, -0.15) is 0 Å². The van der Waals surface area contributed by atoms with Gasteiger partial charge in [-0.15, -0.1) is 11.8 Å². The third kappa shape index (κ3) is 5.73. The Bertz CT molecular complexity index is 336. The molecule has 0 fully saturated rings. The van der Waals surface area contributed by atoms with Gasteiger partial charge < -0.3 is 19.9 Å². The minimum atomic E-state index is -0.378. The second-order valence-electron chi connectivity index (χ2n) is 3.81. The van der Waals surface area contributed by atoms with Crippen LogP contribution in [-0.4, -0.2) is 50.9 Å². The van der Waals surface area contributed by atoms with Gasteiger partial charge in [0.15, 0.2) is 0 Å². The zero-order valence-electron chi connectivity index (χ0n) is 10.9. The Morgan fingerprint density at radius 1 is 1.33 bits per heavy atom. The van der Waals surface area contributed by atoms with Crippen molar-refractivity contribution in [3.05, 3.63) is 24.3 Å². The van der Waals surface area contributed by atoms with Crippen molar-refractivity contribution >= 4 is 11.8 Å². The number of hydrogen-bond acceptors (Lipinski definition) is 5. The number of para-hydroxylation sites is 1. The van der Waals surface area contributed by atoms with Gasteiger partial charge in [-0.3, -0.25) is 0 Å². The number of methoxy groups -OCH3 is 2. The van der Waals surface area contributed by atoms with Crippen molar-refractivity contribution in [2.75, 3.05) is 39.7 Å². The van der Waals surface area contributed by atoms with Gasteiger partial charge in [-0.05, 0) is 12.1 Å². The first kappa shape index (κ1) is 15.3. The van der Waals surface area contributed by atoms with E-state index in [4.69, 9.17) is 9.47 Å². The second kappa shape index (κ2) is 9.22. The molecule has 0 heterocycles. The molecule has 0 radical (unpaired) electrons. The predicted octanol–water partition coefficient (Wildman–Crippen LogP) is 1.38. The van der Waals surface area contributed by atoms with Crippen LogP contribution in [0.1, 0.15) is 0 Å². The Balaban J connectivity index is 2.26. The number of hydrogen-bond donors (Lipinski definition) is 2. The predicted molar refractivity (Wildman–Crippen MR) is 74.5 cm³/mol. The molecule has 1 aromatic carbocycles. The van der Waals surface area contributed by atoms with Gasteiger partial charge in [0, 0.05) is 30.8 Å².